The number of methoxy groups -OCH3 is 2. The van der Waals surface area contributed by atoms with E-state index in [2.05, 4.69) is 5.32 Å². The lowest BCUT2D eigenvalue weighted by atomic mass is 10.1. The van der Waals surface area contributed by atoms with E-state index in [4.69, 9.17) is 25.8 Å². The predicted molar refractivity (Wildman–Crippen MR) is 133 cm³/mol. The summed E-state index contributed by atoms with van der Waals surface area (Å²) >= 11 is 6.16. The number of halogens is 1. The van der Waals surface area contributed by atoms with Crippen molar-refractivity contribution in [2.75, 3.05) is 25.1 Å². The number of anilines is 1. The molecule has 1 amide bonds. The fourth-order valence-electron chi connectivity index (χ4n) is 3.87. The average molecular weight is 517 g/mol. The Morgan fingerprint density at radius 2 is 1.80 bits per heavy atom. The number of benzene rings is 3. The lowest BCUT2D eigenvalue weighted by Crippen LogP contribution is -2.51. The quantitative estimate of drug-likeness (QED) is 0.506. The first-order valence-corrected chi connectivity index (χ1v) is 12.6. The average Bonchev–Trinajstić information content (AvgIpc) is 2.87. The Labute approximate surface area is 209 Å². The van der Waals surface area contributed by atoms with Gasteiger partial charge in [0.05, 0.1) is 37.4 Å². The molecule has 0 spiro atoms. The van der Waals surface area contributed by atoms with Crippen molar-refractivity contribution in [2.24, 2.45) is 0 Å². The molecule has 0 bridgehead atoms. The SMILES string of the molecule is COc1ccc(S(=O)(=O)N2C[C@H](C(=O)N[C@@H](C)c3ccccc3OC)Oc3ccc(Cl)cc32)cc1. The summed E-state index contributed by atoms with van der Waals surface area (Å²) in [5.41, 5.74) is 1.05. The van der Waals surface area contributed by atoms with Crippen LogP contribution in [-0.2, 0) is 14.8 Å². The minimum Gasteiger partial charge on any atom is -0.497 e. The smallest absolute Gasteiger partial charge is 0.264 e. The first-order chi connectivity index (χ1) is 16.7. The Balaban J connectivity index is 1.64. The lowest BCUT2D eigenvalue weighted by Gasteiger charge is -2.35. The largest absolute Gasteiger partial charge is 0.497 e. The molecule has 0 aromatic heterocycles. The van der Waals surface area contributed by atoms with Gasteiger partial charge in [0.2, 0.25) is 0 Å². The van der Waals surface area contributed by atoms with Crippen LogP contribution in [0, 0.1) is 0 Å². The van der Waals surface area contributed by atoms with Crippen LogP contribution < -0.4 is 23.8 Å². The molecule has 3 aromatic carbocycles. The number of ether oxygens (including phenoxy) is 3. The third-order valence-electron chi connectivity index (χ3n) is 5.69. The Bertz CT molecular complexity index is 1330. The van der Waals surface area contributed by atoms with Crippen LogP contribution in [-0.4, -0.2) is 41.2 Å². The van der Waals surface area contributed by atoms with Crippen LogP contribution >= 0.6 is 11.6 Å². The van der Waals surface area contributed by atoms with E-state index in [9.17, 15) is 13.2 Å². The van der Waals surface area contributed by atoms with Crippen LogP contribution in [0.3, 0.4) is 0 Å². The number of amides is 1. The van der Waals surface area contributed by atoms with Gasteiger partial charge in [0, 0.05) is 10.6 Å². The molecule has 8 nitrogen and oxygen atoms in total. The molecule has 0 unspecified atom stereocenters. The van der Waals surface area contributed by atoms with Crippen molar-refractivity contribution in [2.45, 2.75) is 24.0 Å². The highest BCUT2D eigenvalue weighted by Gasteiger charge is 2.38. The molecule has 3 aromatic rings. The molecule has 0 aliphatic carbocycles. The highest BCUT2D eigenvalue weighted by atomic mass is 35.5. The molecule has 4 rings (SSSR count). The van der Waals surface area contributed by atoms with Crippen molar-refractivity contribution in [3.63, 3.8) is 0 Å². The van der Waals surface area contributed by atoms with Crippen molar-refractivity contribution >= 4 is 33.2 Å². The Hall–Kier alpha value is -3.43. The third kappa shape index (κ3) is 5.01. The second kappa shape index (κ2) is 10.1. The van der Waals surface area contributed by atoms with Gasteiger partial charge in [0.25, 0.3) is 15.9 Å². The van der Waals surface area contributed by atoms with E-state index in [0.29, 0.717) is 16.5 Å². The van der Waals surface area contributed by atoms with Gasteiger partial charge in [-0.05, 0) is 55.5 Å². The number of hydrogen-bond donors (Lipinski definition) is 1. The summed E-state index contributed by atoms with van der Waals surface area (Å²) in [5, 5.41) is 3.24. The number of nitrogens with one attached hydrogen (secondary N) is 1. The first-order valence-electron chi connectivity index (χ1n) is 10.8. The molecule has 0 saturated heterocycles. The number of carbonyl (C=O) groups is 1. The maximum atomic E-state index is 13.6. The van der Waals surface area contributed by atoms with Crippen LogP contribution in [0.2, 0.25) is 5.02 Å². The fraction of sp³-hybridized carbons (Fsp3) is 0.240. The zero-order valence-electron chi connectivity index (χ0n) is 19.4. The predicted octanol–water partition coefficient (Wildman–Crippen LogP) is 4.19. The van der Waals surface area contributed by atoms with E-state index in [0.717, 1.165) is 9.87 Å². The molecule has 1 aliphatic heterocycles. The number of para-hydroxylation sites is 1. The Kier molecular flexibility index (Phi) is 7.09. The number of sulfonamides is 1. The van der Waals surface area contributed by atoms with Gasteiger partial charge in [-0.15, -0.1) is 0 Å². The van der Waals surface area contributed by atoms with Gasteiger partial charge in [-0.3, -0.25) is 9.10 Å². The summed E-state index contributed by atoms with van der Waals surface area (Å²) < 4.78 is 44.8. The molecule has 10 heteroatoms. The monoisotopic (exact) mass is 516 g/mol. The number of carbonyl (C=O) groups excluding carboxylic acids is 1. The molecule has 2 atom stereocenters. The minimum atomic E-state index is -4.04. The van der Waals surface area contributed by atoms with Gasteiger partial charge in [0.1, 0.15) is 17.2 Å². The van der Waals surface area contributed by atoms with E-state index in [-0.39, 0.29) is 22.9 Å². The summed E-state index contributed by atoms with van der Waals surface area (Å²) in [7, 11) is -0.980. The van der Waals surface area contributed by atoms with Crippen LogP contribution in [0.15, 0.2) is 71.6 Å². The van der Waals surface area contributed by atoms with Gasteiger partial charge >= 0.3 is 0 Å². The number of fused-ring (bicyclic) bond motifs is 1. The molecule has 184 valence electrons. The highest BCUT2D eigenvalue weighted by Crippen LogP contribution is 2.39. The maximum absolute atomic E-state index is 13.6. The van der Waals surface area contributed by atoms with Crippen LogP contribution in [0.5, 0.6) is 17.2 Å². The highest BCUT2D eigenvalue weighted by molar-refractivity contribution is 7.92. The van der Waals surface area contributed by atoms with Crippen LogP contribution in [0.1, 0.15) is 18.5 Å². The van der Waals surface area contributed by atoms with Crippen molar-refractivity contribution in [3.05, 3.63) is 77.3 Å². The van der Waals surface area contributed by atoms with Crippen molar-refractivity contribution in [1.82, 2.24) is 5.32 Å². The molecule has 1 aliphatic rings. The Morgan fingerprint density at radius 3 is 2.49 bits per heavy atom. The van der Waals surface area contributed by atoms with Crippen molar-refractivity contribution in [1.29, 1.82) is 0 Å². The maximum Gasteiger partial charge on any atom is 0.264 e. The first kappa shape index (κ1) is 24.7. The zero-order chi connectivity index (χ0) is 25.2. The number of hydrogen-bond acceptors (Lipinski definition) is 6. The molecular formula is C25H25ClN2O6S. The van der Waals surface area contributed by atoms with Crippen molar-refractivity contribution < 1.29 is 27.4 Å². The summed E-state index contributed by atoms with van der Waals surface area (Å²) in [6, 6.07) is 17.6. The van der Waals surface area contributed by atoms with Gasteiger partial charge in [-0.2, -0.15) is 0 Å². The summed E-state index contributed by atoms with van der Waals surface area (Å²) in [6.07, 6.45) is -1.09. The lowest BCUT2D eigenvalue weighted by molar-refractivity contribution is -0.128. The summed E-state index contributed by atoms with van der Waals surface area (Å²) in [5.74, 6) is 0.937. The number of rotatable bonds is 7. The molecule has 0 fully saturated rings. The van der Waals surface area contributed by atoms with E-state index in [1.165, 1.54) is 25.3 Å². The summed E-state index contributed by atoms with van der Waals surface area (Å²) in [4.78, 5) is 13.3. The van der Waals surface area contributed by atoms with E-state index in [1.54, 1.807) is 37.4 Å². The molecule has 1 heterocycles. The van der Waals surface area contributed by atoms with Crippen LogP contribution in [0.4, 0.5) is 5.69 Å². The fourth-order valence-corrected chi connectivity index (χ4v) is 5.51. The minimum absolute atomic E-state index is 0.0488. The third-order valence-corrected chi connectivity index (χ3v) is 7.72. The second-order valence-corrected chi connectivity index (χ2v) is 10.2. The zero-order valence-corrected chi connectivity index (χ0v) is 21.0. The van der Waals surface area contributed by atoms with E-state index >= 15 is 0 Å². The second-order valence-electron chi connectivity index (χ2n) is 7.90. The normalized spacial score (nSPS) is 16.0. The summed E-state index contributed by atoms with van der Waals surface area (Å²) in [6.45, 7) is 1.59. The van der Waals surface area contributed by atoms with Gasteiger partial charge in [-0.1, -0.05) is 29.8 Å². The molecule has 0 saturated carbocycles. The Morgan fingerprint density at radius 1 is 1.09 bits per heavy atom. The van der Waals surface area contributed by atoms with E-state index in [1.807, 2.05) is 25.1 Å². The van der Waals surface area contributed by atoms with Gasteiger partial charge in [0.15, 0.2) is 6.10 Å². The van der Waals surface area contributed by atoms with Crippen LogP contribution in [0.25, 0.3) is 0 Å². The topological polar surface area (TPSA) is 94.2 Å². The van der Waals surface area contributed by atoms with E-state index < -0.39 is 28.1 Å². The van der Waals surface area contributed by atoms with Gasteiger partial charge in [-0.25, -0.2) is 8.42 Å². The van der Waals surface area contributed by atoms with Gasteiger partial charge < -0.3 is 19.5 Å². The molecular weight excluding hydrogens is 492 g/mol. The number of nitrogens with zero attached hydrogens (tertiary/aromatic N) is 1. The molecule has 1 N–H and O–H groups in total. The molecule has 0 radical (unpaired) electrons. The molecule has 35 heavy (non-hydrogen) atoms. The standard InChI is InChI=1S/C25H25ClN2O6S/c1-16(20-6-4-5-7-22(20)33-3)27-25(29)24-15-28(21-14-17(26)8-13-23(21)34-24)35(30,31)19-11-9-18(32-2)10-12-19/h4-14,16,24H,15H2,1-3H3,(H,27,29)/t16-,24+/m0/s1. The van der Waals surface area contributed by atoms with Crippen molar-refractivity contribution in [3.8, 4) is 17.2 Å².